The average molecular weight is 547 g/mol. The molecule has 6 rings (SSSR count). The van der Waals surface area contributed by atoms with Crippen LogP contribution in [0.1, 0.15) is 36.0 Å². The van der Waals surface area contributed by atoms with Crippen molar-refractivity contribution in [3.05, 3.63) is 66.2 Å². The van der Waals surface area contributed by atoms with Crippen LogP contribution in [0.3, 0.4) is 0 Å². The van der Waals surface area contributed by atoms with Crippen LogP contribution in [0.25, 0.3) is 20.8 Å². The molecule has 4 N–H and O–H groups in total. The van der Waals surface area contributed by atoms with E-state index in [9.17, 15) is 14.0 Å². The molecule has 3 amide bonds. The van der Waals surface area contributed by atoms with Gasteiger partial charge in [-0.05, 0) is 56.0 Å². The maximum absolute atomic E-state index is 14.8. The first-order chi connectivity index (χ1) is 18.9. The van der Waals surface area contributed by atoms with Crippen LogP contribution in [-0.2, 0) is 0 Å². The largest absolute Gasteiger partial charge is 0.453 e. The van der Waals surface area contributed by atoms with Gasteiger partial charge in [0.15, 0.2) is 11.6 Å². The highest BCUT2D eigenvalue weighted by molar-refractivity contribution is 7.22. The average Bonchev–Trinajstić information content (AvgIpc) is 3.63. The molecule has 0 spiro atoms. The van der Waals surface area contributed by atoms with Crippen LogP contribution in [-0.4, -0.2) is 52.0 Å². The second-order valence-electron chi connectivity index (χ2n) is 9.82. The number of urea groups is 1. The van der Waals surface area contributed by atoms with E-state index in [-0.39, 0.29) is 29.8 Å². The van der Waals surface area contributed by atoms with Crippen molar-refractivity contribution in [3.8, 4) is 22.1 Å². The van der Waals surface area contributed by atoms with E-state index >= 15 is 0 Å². The van der Waals surface area contributed by atoms with E-state index in [1.165, 1.54) is 23.5 Å². The van der Waals surface area contributed by atoms with Crippen molar-refractivity contribution in [1.29, 1.82) is 0 Å². The summed E-state index contributed by atoms with van der Waals surface area (Å²) in [6, 6.07) is 11.5. The van der Waals surface area contributed by atoms with Gasteiger partial charge in [-0.3, -0.25) is 14.8 Å². The first-order valence-electron chi connectivity index (χ1n) is 12.9. The number of fused-ring (bicyclic) bond motifs is 1. The van der Waals surface area contributed by atoms with E-state index in [4.69, 9.17) is 10.5 Å². The van der Waals surface area contributed by atoms with Gasteiger partial charge in [-0.15, -0.1) is 11.3 Å². The first-order valence-corrected chi connectivity index (χ1v) is 13.7. The third-order valence-corrected chi connectivity index (χ3v) is 7.95. The third kappa shape index (κ3) is 5.69. The van der Waals surface area contributed by atoms with Gasteiger partial charge in [0, 0.05) is 55.4 Å². The topological polar surface area (TPSA) is 122 Å². The number of halogens is 1. The molecule has 1 saturated heterocycles. The first kappa shape index (κ1) is 25.2. The van der Waals surface area contributed by atoms with Crippen LogP contribution in [0.15, 0.2) is 54.9 Å². The molecule has 200 valence electrons. The molecular weight excluding hydrogens is 519 g/mol. The fraction of sp³-hybridized carbons (Fsp3) is 0.286. The number of benzene rings is 1. The summed E-state index contributed by atoms with van der Waals surface area (Å²) in [5.74, 6) is -0.150. The Morgan fingerprint density at radius 3 is 2.56 bits per heavy atom. The predicted molar refractivity (Wildman–Crippen MR) is 148 cm³/mol. The van der Waals surface area contributed by atoms with Gasteiger partial charge in [0.1, 0.15) is 5.75 Å². The number of rotatable bonds is 6. The van der Waals surface area contributed by atoms with Crippen LogP contribution in [0.2, 0.25) is 0 Å². The molecule has 2 fully saturated rings. The quantitative estimate of drug-likeness (QED) is 0.308. The standard InChI is InChI=1S/C28H27FN6O3S/c29-20-13-19(34-28(37)33-18-2-3-18)4-6-23(20)38-24-7-10-31-22-14-25(39-26(22)24)21-5-1-16(15-32-21)27(36)35-11-8-17(30)9-12-35/h1,4-7,10,13-15,17-18H,2-3,8-9,11-12,30H2,(H2,33,34,37). The summed E-state index contributed by atoms with van der Waals surface area (Å²) in [5, 5.41) is 5.44. The summed E-state index contributed by atoms with van der Waals surface area (Å²) in [4.78, 5) is 36.4. The molecular formula is C28H27FN6O3S. The summed E-state index contributed by atoms with van der Waals surface area (Å²) in [7, 11) is 0. The lowest BCUT2D eigenvalue weighted by atomic mass is 10.1. The Balaban J connectivity index is 1.17. The van der Waals surface area contributed by atoms with Crippen molar-refractivity contribution < 1.29 is 18.7 Å². The van der Waals surface area contributed by atoms with Crippen LogP contribution >= 0.6 is 11.3 Å². The second-order valence-corrected chi connectivity index (χ2v) is 10.9. The molecule has 4 heterocycles. The lowest BCUT2D eigenvalue weighted by Gasteiger charge is -2.30. The van der Waals surface area contributed by atoms with E-state index in [2.05, 4.69) is 20.6 Å². The zero-order valence-electron chi connectivity index (χ0n) is 21.0. The highest BCUT2D eigenvalue weighted by Crippen LogP contribution is 2.39. The molecule has 39 heavy (non-hydrogen) atoms. The Labute approximate surface area is 228 Å². The molecule has 1 aliphatic heterocycles. The van der Waals surface area contributed by atoms with Gasteiger partial charge < -0.3 is 26.0 Å². The van der Waals surface area contributed by atoms with Gasteiger partial charge >= 0.3 is 6.03 Å². The van der Waals surface area contributed by atoms with Crippen molar-refractivity contribution in [2.75, 3.05) is 18.4 Å². The molecule has 3 aromatic heterocycles. The predicted octanol–water partition coefficient (Wildman–Crippen LogP) is 5.14. The number of carbonyl (C=O) groups is 2. The summed E-state index contributed by atoms with van der Waals surface area (Å²) in [6.45, 7) is 1.31. The smallest absolute Gasteiger partial charge is 0.319 e. The molecule has 1 aromatic carbocycles. The Morgan fingerprint density at radius 1 is 1.03 bits per heavy atom. The van der Waals surface area contributed by atoms with E-state index in [1.54, 1.807) is 30.6 Å². The number of anilines is 1. The highest BCUT2D eigenvalue weighted by atomic mass is 32.1. The second kappa shape index (κ2) is 10.6. The molecule has 0 bridgehead atoms. The van der Waals surface area contributed by atoms with Crippen molar-refractivity contribution in [1.82, 2.24) is 20.2 Å². The molecule has 0 atom stereocenters. The number of thiophene rings is 1. The number of pyridine rings is 2. The highest BCUT2D eigenvalue weighted by Gasteiger charge is 2.24. The Hall–Kier alpha value is -4.09. The molecule has 2 aliphatic rings. The lowest BCUT2D eigenvalue weighted by molar-refractivity contribution is 0.0714. The fourth-order valence-corrected chi connectivity index (χ4v) is 5.47. The maximum Gasteiger partial charge on any atom is 0.319 e. The minimum Gasteiger partial charge on any atom is -0.453 e. The number of hydrogen-bond acceptors (Lipinski definition) is 7. The third-order valence-electron chi connectivity index (χ3n) is 6.79. The van der Waals surface area contributed by atoms with Gasteiger partial charge in [-0.2, -0.15) is 0 Å². The number of likely N-dealkylation sites (tertiary alicyclic amines) is 1. The van der Waals surface area contributed by atoms with Crippen molar-refractivity contribution in [2.45, 2.75) is 37.8 Å². The Morgan fingerprint density at radius 2 is 1.85 bits per heavy atom. The molecule has 9 nitrogen and oxygen atoms in total. The van der Waals surface area contributed by atoms with E-state index < -0.39 is 5.82 Å². The number of aromatic nitrogens is 2. The lowest BCUT2D eigenvalue weighted by Crippen LogP contribution is -2.42. The summed E-state index contributed by atoms with van der Waals surface area (Å²) < 4.78 is 21.5. The fourth-order valence-electron chi connectivity index (χ4n) is 4.43. The van der Waals surface area contributed by atoms with Gasteiger partial charge in [-0.1, -0.05) is 0 Å². The number of nitrogens with two attached hydrogens (primary N) is 1. The van der Waals surface area contributed by atoms with Gasteiger partial charge in [0.2, 0.25) is 0 Å². The van der Waals surface area contributed by atoms with Crippen molar-refractivity contribution >= 4 is 39.2 Å². The normalized spacial score (nSPS) is 15.8. The summed E-state index contributed by atoms with van der Waals surface area (Å²) in [5.41, 5.74) is 8.22. The van der Waals surface area contributed by atoms with E-state index in [1.807, 2.05) is 17.0 Å². The van der Waals surface area contributed by atoms with E-state index in [0.29, 0.717) is 41.3 Å². The van der Waals surface area contributed by atoms with Gasteiger partial charge in [-0.25, -0.2) is 9.18 Å². The van der Waals surface area contributed by atoms with E-state index in [0.717, 1.165) is 35.3 Å². The van der Waals surface area contributed by atoms with Crippen LogP contribution in [0.4, 0.5) is 14.9 Å². The molecule has 11 heteroatoms. The van der Waals surface area contributed by atoms with Crippen LogP contribution in [0.5, 0.6) is 11.5 Å². The zero-order chi connectivity index (χ0) is 26.9. The monoisotopic (exact) mass is 546 g/mol. The zero-order valence-corrected chi connectivity index (χ0v) is 21.8. The van der Waals surface area contributed by atoms with Crippen molar-refractivity contribution in [3.63, 3.8) is 0 Å². The SMILES string of the molecule is NC1CCN(C(=O)c2ccc(-c3cc4nccc(Oc5ccc(NC(=O)NC6CC6)cc5F)c4s3)nc2)CC1. The minimum atomic E-state index is -0.599. The van der Waals surface area contributed by atoms with Gasteiger partial charge in [0.05, 0.1) is 26.4 Å². The van der Waals surface area contributed by atoms with Crippen LogP contribution < -0.4 is 21.1 Å². The van der Waals surface area contributed by atoms with Gasteiger partial charge in [0.25, 0.3) is 5.91 Å². The van der Waals surface area contributed by atoms with Crippen molar-refractivity contribution in [2.24, 2.45) is 5.73 Å². The summed E-state index contributed by atoms with van der Waals surface area (Å²) >= 11 is 1.42. The Bertz CT molecular complexity index is 1530. The molecule has 0 radical (unpaired) electrons. The molecule has 4 aromatic rings. The Kier molecular flexibility index (Phi) is 6.84. The summed E-state index contributed by atoms with van der Waals surface area (Å²) in [6.07, 6.45) is 6.74. The maximum atomic E-state index is 14.8. The number of nitrogens with one attached hydrogen (secondary N) is 2. The molecule has 0 unspecified atom stereocenters. The number of ether oxygens (including phenoxy) is 1. The number of amides is 3. The number of hydrogen-bond donors (Lipinski definition) is 3. The minimum absolute atomic E-state index is 0.0326. The number of nitrogens with zero attached hydrogens (tertiary/aromatic N) is 3. The number of carbonyl (C=O) groups excluding carboxylic acids is 2. The number of piperidine rings is 1. The van der Waals surface area contributed by atoms with Crippen LogP contribution in [0, 0.1) is 5.82 Å². The molecule has 1 saturated carbocycles. The molecule has 1 aliphatic carbocycles.